The Morgan fingerprint density at radius 2 is 1.79 bits per heavy atom. The van der Waals surface area contributed by atoms with Gasteiger partial charge >= 0.3 is 0 Å². The van der Waals surface area contributed by atoms with Crippen LogP contribution >= 0.6 is 0 Å². The highest BCUT2D eigenvalue weighted by Gasteiger charge is 2.24. The second-order valence-corrected chi connectivity index (χ2v) is 6.73. The summed E-state index contributed by atoms with van der Waals surface area (Å²) in [5.41, 5.74) is 3.90. The van der Waals surface area contributed by atoms with Crippen LogP contribution in [0, 0.1) is 0 Å². The van der Waals surface area contributed by atoms with E-state index in [1.165, 1.54) is 18.7 Å². The maximum absolute atomic E-state index is 12.9. The number of para-hydroxylation sites is 1. The molecule has 2 heterocycles. The fraction of sp³-hybridized carbons (Fsp3) is 0.182. The molecular formula is C22H20N4O2. The van der Waals surface area contributed by atoms with Gasteiger partial charge in [-0.05, 0) is 55.7 Å². The van der Waals surface area contributed by atoms with Crippen LogP contribution in [0.25, 0.3) is 0 Å². The van der Waals surface area contributed by atoms with Gasteiger partial charge in [0.25, 0.3) is 5.91 Å². The van der Waals surface area contributed by atoms with Crippen LogP contribution in [-0.4, -0.2) is 28.2 Å². The highest BCUT2D eigenvalue weighted by molar-refractivity contribution is 6.05. The molecule has 0 radical (unpaired) electrons. The van der Waals surface area contributed by atoms with Crippen molar-refractivity contribution in [1.29, 1.82) is 0 Å². The molecule has 0 bridgehead atoms. The molecule has 0 spiro atoms. The van der Waals surface area contributed by atoms with Crippen LogP contribution in [-0.2, 0) is 6.42 Å². The van der Waals surface area contributed by atoms with E-state index in [0.717, 1.165) is 24.2 Å². The Kier molecular flexibility index (Phi) is 4.85. The van der Waals surface area contributed by atoms with Crippen LogP contribution in [0.5, 0.6) is 0 Å². The van der Waals surface area contributed by atoms with Crippen LogP contribution in [0.2, 0.25) is 0 Å². The summed E-state index contributed by atoms with van der Waals surface area (Å²) in [6.45, 7) is 2.21. The fourth-order valence-corrected chi connectivity index (χ4v) is 3.32. The van der Waals surface area contributed by atoms with Crippen molar-refractivity contribution in [3.63, 3.8) is 0 Å². The monoisotopic (exact) mass is 372 g/mol. The van der Waals surface area contributed by atoms with Crippen molar-refractivity contribution in [2.24, 2.45) is 0 Å². The standard InChI is InChI=1S/C22H20N4O2/c1-15(27)16-8-10-18(11-9-16)25-21-14-23-19(13-24-21)22(28)26-12-4-6-17-5-2-3-7-20(17)26/h2-3,5,7-11,13-14H,4,6,12H2,1H3,(H,24,25). The van der Waals surface area contributed by atoms with Gasteiger partial charge in [-0.1, -0.05) is 18.2 Å². The summed E-state index contributed by atoms with van der Waals surface area (Å²) < 4.78 is 0. The first-order valence-corrected chi connectivity index (χ1v) is 9.21. The minimum absolute atomic E-state index is 0.0218. The van der Waals surface area contributed by atoms with Gasteiger partial charge in [-0.25, -0.2) is 9.97 Å². The average Bonchev–Trinajstić information content (AvgIpc) is 2.74. The van der Waals surface area contributed by atoms with E-state index in [-0.39, 0.29) is 11.7 Å². The SMILES string of the molecule is CC(=O)c1ccc(Nc2cnc(C(=O)N3CCCc4ccccc43)cn2)cc1. The van der Waals surface area contributed by atoms with E-state index < -0.39 is 0 Å². The maximum Gasteiger partial charge on any atom is 0.278 e. The predicted molar refractivity (Wildman–Crippen MR) is 108 cm³/mol. The van der Waals surface area contributed by atoms with E-state index in [4.69, 9.17) is 0 Å². The quantitative estimate of drug-likeness (QED) is 0.700. The zero-order chi connectivity index (χ0) is 19.5. The molecule has 28 heavy (non-hydrogen) atoms. The van der Waals surface area contributed by atoms with Gasteiger partial charge in [0.1, 0.15) is 11.5 Å². The van der Waals surface area contributed by atoms with E-state index in [1.54, 1.807) is 23.2 Å². The molecule has 3 aromatic rings. The zero-order valence-electron chi connectivity index (χ0n) is 15.6. The van der Waals surface area contributed by atoms with E-state index in [2.05, 4.69) is 21.4 Å². The lowest BCUT2D eigenvalue weighted by atomic mass is 10.0. The Bertz CT molecular complexity index is 1010. The zero-order valence-corrected chi connectivity index (χ0v) is 15.6. The van der Waals surface area contributed by atoms with Gasteiger partial charge < -0.3 is 10.2 Å². The molecule has 1 N–H and O–H groups in total. The summed E-state index contributed by atoms with van der Waals surface area (Å²) in [6, 6.07) is 15.1. The maximum atomic E-state index is 12.9. The summed E-state index contributed by atoms with van der Waals surface area (Å²) in [5, 5.41) is 3.12. The first-order valence-electron chi connectivity index (χ1n) is 9.21. The van der Waals surface area contributed by atoms with Crippen molar-refractivity contribution in [3.05, 3.63) is 77.7 Å². The summed E-state index contributed by atoms with van der Waals surface area (Å²) in [7, 11) is 0. The number of rotatable bonds is 4. The van der Waals surface area contributed by atoms with E-state index in [9.17, 15) is 9.59 Å². The lowest BCUT2D eigenvalue weighted by Crippen LogP contribution is -2.36. The average molecular weight is 372 g/mol. The molecule has 0 saturated heterocycles. The summed E-state index contributed by atoms with van der Waals surface area (Å²) in [6.07, 6.45) is 4.96. The topological polar surface area (TPSA) is 75.2 Å². The van der Waals surface area contributed by atoms with Gasteiger partial charge in [0, 0.05) is 23.5 Å². The van der Waals surface area contributed by atoms with Crippen molar-refractivity contribution < 1.29 is 9.59 Å². The number of Topliss-reactive ketones (excluding diaryl/α,β-unsaturated/α-hetero) is 1. The van der Waals surface area contributed by atoms with Gasteiger partial charge in [0.05, 0.1) is 12.4 Å². The normalized spacial score (nSPS) is 13.0. The minimum atomic E-state index is -0.142. The van der Waals surface area contributed by atoms with Crippen LogP contribution in [0.1, 0.15) is 39.8 Å². The molecule has 0 saturated carbocycles. The molecule has 1 aromatic heterocycles. The van der Waals surface area contributed by atoms with Crippen LogP contribution < -0.4 is 10.2 Å². The van der Waals surface area contributed by atoms with Gasteiger partial charge in [-0.15, -0.1) is 0 Å². The number of ketones is 1. The third-order valence-corrected chi connectivity index (χ3v) is 4.79. The molecule has 0 fully saturated rings. The number of carbonyl (C=O) groups excluding carboxylic acids is 2. The first-order chi connectivity index (χ1) is 13.6. The van der Waals surface area contributed by atoms with Gasteiger partial charge in [-0.3, -0.25) is 9.59 Å². The highest BCUT2D eigenvalue weighted by Crippen LogP contribution is 2.27. The van der Waals surface area contributed by atoms with Crippen molar-refractivity contribution in [1.82, 2.24) is 9.97 Å². The van der Waals surface area contributed by atoms with E-state index in [1.807, 2.05) is 30.3 Å². The molecule has 1 aliphatic heterocycles. The van der Waals surface area contributed by atoms with Crippen molar-refractivity contribution >= 4 is 28.9 Å². The fourth-order valence-electron chi connectivity index (χ4n) is 3.32. The third-order valence-electron chi connectivity index (χ3n) is 4.79. The number of anilines is 3. The molecule has 1 aliphatic rings. The first kappa shape index (κ1) is 17.9. The minimum Gasteiger partial charge on any atom is -0.339 e. The smallest absolute Gasteiger partial charge is 0.278 e. The van der Waals surface area contributed by atoms with Crippen LogP contribution in [0.4, 0.5) is 17.2 Å². The number of nitrogens with zero attached hydrogens (tertiary/aromatic N) is 3. The lowest BCUT2D eigenvalue weighted by Gasteiger charge is -2.29. The Hall–Kier alpha value is -3.54. The molecule has 140 valence electrons. The molecule has 2 aromatic carbocycles. The predicted octanol–water partition coefficient (Wildman–Crippen LogP) is 4.02. The summed E-state index contributed by atoms with van der Waals surface area (Å²) in [5.74, 6) is 0.414. The number of hydrogen-bond donors (Lipinski definition) is 1. The summed E-state index contributed by atoms with van der Waals surface area (Å²) in [4.78, 5) is 34.6. The number of benzene rings is 2. The van der Waals surface area contributed by atoms with Crippen LogP contribution in [0.15, 0.2) is 60.9 Å². The second-order valence-electron chi connectivity index (χ2n) is 6.73. The molecule has 0 aliphatic carbocycles. The molecule has 1 amide bonds. The van der Waals surface area contributed by atoms with Crippen molar-refractivity contribution in [2.45, 2.75) is 19.8 Å². The molecule has 0 atom stereocenters. The van der Waals surface area contributed by atoms with E-state index in [0.29, 0.717) is 23.6 Å². The van der Waals surface area contributed by atoms with Crippen LogP contribution in [0.3, 0.4) is 0 Å². The molecule has 0 unspecified atom stereocenters. The number of aromatic nitrogens is 2. The molecule has 6 heteroatoms. The number of nitrogens with one attached hydrogen (secondary N) is 1. The third kappa shape index (κ3) is 3.62. The number of fused-ring (bicyclic) bond motifs is 1. The number of aryl methyl sites for hydroxylation is 1. The molecule has 4 rings (SSSR count). The largest absolute Gasteiger partial charge is 0.339 e. The Morgan fingerprint density at radius 3 is 2.50 bits per heavy atom. The Balaban J connectivity index is 1.49. The van der Waals surface area contributed by atoms with E-state index >= 15 is 0 Å². The van der Waals surface area contributed by atoms with Gasteiger partial charge in [0.2, 0.25) is 0 Å². The molecular weight excluding hydrogens is 352 g/mol. The second kappa shape index (κ2) is 7.60. The number of hydrogen-bond acceptors (Lipinski definition) is 5. The molecule has 6 nitrogen and oxygen atoms in total. The van der Waals surface area contributed by atoms with Crippen molar-refractivity contribution in [2.75, 3.05) is 16.8 Å². The highest BCUT2D eigenvalue weighted by atomic mass is 16.2. The lowest BCUT2D eigenvalue weighted by molar-refractivity contribution is 0.0978. The Morgan fingerprint density at radius 1 is 1.00 bits per heavy atom. The Labute approximate surface area is 163 Å². The number of carbonyl (C=O) groups is 2. The number of amides is 1. The van der Waals surface area contributed by atoms with Gasteiger partial charge in [0.15, 0.2) is 5.78 Å². The van der Waals surface area contributed by atoms with Gasteiger partial charge in [-0.2, -0.15) is 0 Å². The van der Waals surface area contributed by atoms with Crippen molar-refractivity contribution in [3.8, 4) is 0 Å². The summed E-state index contributed by atoms with van der Waals surface area (Å²) >= 11 is 0.